The van der Waals surface area contributed by atoms with Crippen molar-refractivity contribution in [2.24, 2.45) is 0 Å². The average molecular weight is 344 g/mol. The lowest BCUT2D eigenvalue weighted by Gasteiger charge is -2.27. The number of hydrogen-bond donors (Lipinski definition) is 3. The van der Waals surface area contributed by atoms with E-state index in [1.165, 1.54) is 6.07 Å². The molecule has 1 saturated heterocycles. The number of carbonyl (C=O) groups excluding carboxylic acids is 1. The summed E-state index contributed by atoms with van der Waals surface area (Å²) in [4.78, 5) is 14.2. The van der Waals surface area contributed by atoms with Gasteiger partial charge in [0.15, 0.2) is 0 Å². The number of urea groups is 1. The molecule has 0 aliphatic carbocycles. The third kappa shape index (κ3) is 4.56. The van der Waals surface area contributed by atoms with Crippen molar-refractivity contribution in [1.29, 1.82) is 0 Å². The van der Waals surface area contributed by atoms with Crippen LogP contribution in [0, 0.1) is 5.82 Å². The first-order chi connectivity index (χ1) is 10.9. The standard InChI is InChI=1S/C16H23ClFN3O2/c1-10(6-8-22)19-16(23)20-14-5-7-21(2)15(14)11-3-4-12(17)13(18)9-11/h3-4,9-10,14-15,22H,5-8H2,1-2H3,(H2,19,20,23)/t10-,14?,15?/m1/s1. The fraction of sp³-hybridized carbons (Fsp3) is 0.562. The molecule has 2 amide bonds. The van der Waals surface area contributed by atoms with Crippen LogP contribution in [0.4, 0.5) is 9.18 Å². The number of amides is 2. The summed E-state index contributed by atoms with van der Waals surface area (Å²) in [5, 5.41) is 14.7. The van der Waals surface area contributed by atoms with Gasteiger partial charge < -0.3 is 15.7 Å². The van der Waals surface area contributed by atoms with Crippen LogP contribution in [0.3, 0.4) is 0 Å². The molecule has 1 heterocycles. The van der Waals surface area contributed by atoms with Gasteiger partial charge >= 0.3 is 6.03 Å². The van der Waals surface area contributed by atoms with Gasteiger partial charge in [0, 0.05) is 19.2 Å². The molecular weight excluding hydrogens is 321 g/mol. The summed E-state index contributed by atoms with van der Waals surface area (Å²) >= 11 is 5.74. The van der Waals surface area contributed by atoms with E-state index in [9.17, 15) is 9.18 Å². The molecule has 3 atom stereocenters. The highest BCUT2D eigenvalue weighted by atomic mass is 35.5. The quantitative estimate of drug-likeness (QED) is 0.768. The smallest absolute Gasteiger partial charge is 0.315 e. The van der Waals surface area contributed by atoms with E-state index in [1.54, 1.807) is 12.1 Å². The number of likely N-dealkylation sites (N-methyl/N-ethyl adjacent to an activating group) is 1. The Morgan fingerprint density at radius 1 is 1.57 bits per heavy atom. The monoisotopic (exact) mass is 343 g/mol. The Kier molecular flexibility index (Phi) is 6.21. The number of nitrogens with one attached hydrogen (secondary N) is 2. The summed E-state index contributed by atoms with van der Waals surface area (Å²) in [6.45, 7) is 2.68. The van der Waals surface area contributed by atoms with Crippen molar-refractivity contribution in [2.75, 3.05) is 20.2 Å². The van der Waals surface area contributed by atoms with E-state index >= 15 is 0 Å². The van der Waals surface area contributed by atoms with Crippen LogP contribution in [0.5, 0.6) is 0 Å². The minimum atomic E-state index is -0.454. The minimum absolute atomic E-state index is 0.0281. The second-order valence-electron chi connectivity index (χ2n) is 6.03. The number of aliphatic hydroxyl groups is 1. The van der Waals surface area contributed by atoms with Gasteiger partial charge in [0.25, 0.3) is 0 Å². The number of benzene rings is 1. The summed E-state index contributed by atoms with van der Waals surface area (Å²) < 4.78 is 13.7. The Balaban J connectivity index is 2.06. The first kappa shape index (κ1) is 18.0. The second-order valence-corrected chi connectivity index (χ2v) is 6.43. The van der Waals surface area contributed by atoms with Crippen LogP contribution in [-0.2, 0) is 0 Å². The van der Waals surface area contributed by atoms with E-state index < -0.39 is 5.82 Å². The van der Waals surface area contributed by atoms with Crippen molar-refractivity contribution in [2.45, 2.75) is 37.9 Å². The van der Waals surface area contributed by atoms with E-state index in [-0.39, 0.29) is 35.8 Å². The number of likely N-dealkylation sites (tertiary alicyclic amines) is 1. The van der Waals surface area contributed by atoms with Crippen molar-refractivity contribution < 1.29 is 14.3 Å². The molecular formula is C16H23ClFN3O2. The molecule has 0 bridgehead atoms. The molecule has 7 heteroatoms. The van der Waals surface area contributed by atoms with Gasteiger partial charge in [-0.25, -0.2) is 9.18 Å². The molecule has 1 aromatic rings. The van der Waals surface area contributed by atoms with E-state index in [2.05, 4.69) is 15.5 Å². The van der Waals surface area contributed by atoms with Crippen LogP contribution in [-0.4, -0.2) is 48.3 Å². The van der Waals surface area contributed by atoms with Gasteiger partial charge in [0.2, 0.25) is 0 Å². The zero-order chi connectivity index (χ0) is 17.0. The van der Waals surface area contributed by atoms with Crippen LogP contribution in [0.1, 0.15) is 31.4 Å². The molecule has 0 spiro atoms. The SMILES string of the molecule is C[C@H](CCO)NC(=O)NC1CCN(C)C1c1ccc(Cl)c(F)c1. The lowest BCUT2D eigenvalue weighted by molar-refractivity contribution is 0.221. The summed E-state index contributed by atoms with van der Waals surface area (Å²) in [7, 11) is 1.95. The summed E-state index contributed by atoms with van der Waals surface area (Å²) in [6, 6.07) is 4.17. The first-order valence-electron chi connectivity index (χ1n) is 7.75. The average Bonchev–Trinajstić information content (AvgIpc) is 2.83. The normalized spacial score (nSPS) is 22.8. The van der Waals surface area contributed by atoms with Gasteiger partial charge in [-0.1, -0.05) is 17.7 Å². The zero-order valence-electron chi connectivity index (χ0n) is 13.4. The summed E-state index contributed by atoms with van der Waals surface area (Å²) in [5.74, 6) is -0.454. The number of aliphatic hydroxyl groups excluding tert-OH is 1. The fourth-order valence-electron chi connectivity index (χ4n) is 2.98. The maximum absolute atomic E-state index is 13.7. The van der Waals surface area contributed by atoms with Crippen LogP contribution < -0.4 is 10.6 Å². The highest BCUT2D eigenvalue weighted by Crippen LogP contribution is 2.32. The molecule has 1 aliphatic heterocycles. The highest BCUT2D eigenvalue weighted by Gasteiger charge is 2.34. The largest absolute Gasteiger partial charge is 0.396 e. The highest BCUT2D eigenvalue weighted by molar-refractivity contribution is 6.30. The minimum Gasteiger partial charge on any atom is -0.396 e. The van der Waals surface area contributed by atoms with E-state index in [1.807, 2.05) is 14.0 Å². The molecule has 2 unspecified atom stereocenters. The number of halogens is 2. The Labute approximate surface area is 140 Å². The molecule has 5 nitrogen and oxygen atoms in total. The van der Waals surface area contributed by atoms with Crippen molar-refractivity contribution >= 4 is 17.6 Å². The van der Waals surface area contributed by atoms with Gasteiger partial charge in [-0.3, -0.25) is 4.90 Å². The Hall–Kier alpha value is -1.37. The molecule has 2 rings (SSSR count). The van der Waals surface area contributed by atoms with Gasteiger partial charge in [0.1, 0.15) is 5.82 Å². The van der Waals surface area contributed by atoms with Crippen molar-refractivity contribution in [3.63, 3.8) is 0 Å². The topological polar surface area (TPSA) is 64.6 Å². The van der Waals surface area contributed by atoms with Gasteiger partial charge in [-0.2, -0.15) is 0 Å². The number of hydrogen-bond acceptors (Lipinski definition) is 3. The summed E-state index contributed by atoms with van der Waals surface area (Å²) in [6.07, 6.45) is 1.29. The molecule has 128 valence electrons. The lowest BCUT2D eigenvalue weighted by atomic mass is 10.00. The van der Waals surface area contributed by atoms with Gasteiger partial charge in [0.05, 0.1) is 17.1 Å². The molecule has 1 aromatic carbocycles. The van der Waals surface area contributed by atoms with E-state index in [0.29, 0.717) is 6.42 Å². The van der Waals surface area contributed by atoms with E-state index in [4.69, 9.17) is 16.7 Å². The Morgan fingerprint density at radius 2 is 2.30 bits per heavy atom. The second kappa shape index (κ2) is 7.95. The van der Waals surface area contributed by atoms with Gasteiger partial charge in [-0.05, 0) is 44.5 Å². The lowest BCUT2D eigenvalue weighted by Crippen LogP contribution is -2.47. The molecule has 0 aromatic heterocycles. The Bertz CT molecular complexity index is 558. The molecule has 3 N–H and O–H groups in total. The van der Waals surface area contributed by atoms with Crippen molar-refractivity contribution in [1.82, 2.24) is 15.5 Å². The molecule has 23 heavy (non-hydrogen) atoms. The van der Waals surface area contributed by atoms with Crippen LogP contribution in [0.15, 0.2) is 18.2 Å². The van der Waals surface area contributed by atoms with Gasteiger partial charge in [-0.15, -0.1) is 0 Å². The van der Waals surface area contributed by atoms with Crippen molar-refractivity contribution in [3.8, 4) is 0 Å². The van der Waals surface area contributed by atoms with Crippen LogP contribution >= 0.6 is 11.6 Å². The first-order valence-corrected chi connectivity index (χ1v) is 8.13. The fourth-order valence-corrected chi connectivity index (χ4v) is 3.10. The third-order valence-electron chi connectivity index (χ3n) is 4.19. The predicted molar refractivity (Wildman–Crippen MR) is 88.0 cm³/mol. The number of nitrogens with zero attached hydrogens (tertiary/aromatic N) is 1. The maximum atomic E-state index is 13.7. The zero-order valence-corrected chi connectivity index (χ0v) is 14.1. The number of carbonyl (C=O) groups is 1. The Morgan fingerprint density at radius 3 is 2.96 bits per heavy atom. The third-order valence-corrected chi connectivity index (χ3v) is 4.50. The van der Waals surface area contributed by atoms with Crippen LogP contribution in [0.25, 0.3) is 0 Å². The molecule has 1 aliphatic rings. The maximum Gasteiger partial charge on any atom is 0.315 e. The van der Waals surface area contributed by atoms with E-state index in [0.717, 1.165) is 18.5 Å². The van der Waals surface area contributed by atoms with Crippen LogP contribution in [0.2, 0.25) is 5.02 Å². The predicted octanol–water partition coefficient (Wildman–Crippen LogP) is 2.29. The number of rotatable bonds is 5. The van der Waals surface area contributed by atoms with Crippen molar-refractivity contribution in [3.05, 3.63) is 34.6 Å². The molecule has 0 saturated carbocycles. The molecule has 0 radical (unpaired) electrons. The molecule has 1 fully saturated rings. The summed E-state index contributed by atoms with van der Waals surface area (Å²) in [5.41, 5.74) is 0.792.